The average molecular weight is 404 g/mol. The van der Waals surface area contributed by atoms with Gasteiger partial charge in [0.05, 0.1) is 6.67 Å². The highest BCUT2D eigenvalue weighted by Crippen LogP contribution is 2.38. The third kappa shape index (κ3) is 3.12. The molecule has 2 aromatic rings. The van der Waals surface area contributed by atoms with E-state index in [1.165, 1.54) is 37.0 Å². The number of urea groups is 1. The Balaban J connectivity index is 1.48. The van der Waals surface area contributed by atoms with E-state index in [0.717, 1.165) is 24.1 Å². The lowest BCUT2D eigenvalue weighted by molar-refractivity contribution is -0.132. The zero-order chi connectivity index (χ0) is 20.6. The molecule has 2 aliphatic heterocycles. The molecular formula is C25H29N3O2. The van der Waals surface area contributed by atoms with Gasteiger partial charge in [0.25, 0.3) is 5.91 Å². The number of rotatable bonds is 4. The summed E-state index contributed by atoms with van der Waals surface area (Å²) >= 11 is 0. The van der Waals surface area contributed by atoms with Crippen LogP contribution in [-0.4, -0.2) is 41.0 Å². The van der Waals surface area contributed by atoms with Crippen LogP contribution in [0.3, 0.4) is 0 Å². The van der Waals surface area contributed by atoms with Crippen molar-refractivity contribution in [1.29, 1.82) is 0 Å². The third-order valence-corrected chi connectivity index (χ3v) is 7.20. The molecule has 5 rings (SSSR count). The minimum Gasteiger partial charge on any atom is -0.315 e. The van der Waals surface area contributed by atoms with E-state index in [-0.39, 0.29) is 11.9 Å². The van der Waals surface area contributed by atoms with E-state index in [4.69, 9.17) is 0 Å². The molecule has 3 aliphatic rings. The number of hydrogen-bond donors (Lipinski definition) is 1. The first-order valence-electron chi connectivity index (χ1n) is 11.2. The van der Waals surface area contributed by atoms with Gasteiger partial charge in [-0.2, -0.15) is 0 Å². The fourth-order valence-electron chi connectivity index (χ4n) is 5.72. The van der Waals surface area contributed by atoms with Crippen molar-refractivity contribution in [2.75, 3.05) is 13.2 Å². The van der Waals surface area contributed by atoms with Crippen molar-refractivity contribution in [1.82, 2.24) is 15.1 Å². The van der Waals surface area contributed by atoms with Crippen molar-refractivity contribution < 1.29 is 9.59 Å². The first-order valence-corrected chi connectivity index (χ1v) is 11.2. The fourth-order valence-corrected chi connectivity index (χ4v) is 5.72. The number of nitrogens with zero attached hydrogens (tertiary/aromatic N) is 2. The summed E-state index contributed by atoms with van der Waals surface area (Å²) in [5, 5.41) is 3.07. The summed E-state index contributed by atoms with van der Waals surface area (Å²) in [5.74, 6) is 0.532. The molecule has 0 bridgehead atoms. The molecule has 0 radical (unpaired) electrons. The second-order valence-corrected chi connectivity index (χ2v) is 8.85. The van der Waals surface area contributed by atoms with Gasteiger partial charge in [-0.1, -0.05) is 73.5 Å². The summed E-state index contributed by atoms with van der Waals surface area (Å²) in [5.41, 5.74) is 0.430. The molecule has 0 aromatic heterocycles. The Morgan fingerprint density at radius 3 is 2.10 bits per heavy atom. The van der Waals surface area contributed by atoms with Crippen LogP contribution in [0.5, 0.6) is 0 Å². The SMILES string of the molecule is O=C1NC(c2ccccc2)(c2ccccc2)C(=O)N1CN1CCC[C@@H]2CCCC[C@H]21. The Bertz CT molecular complexity index is 873. The maximum atomic E-state index is 13.9. The second kappa shape index (κ2) is 7.88. The highest BCUT2D eigenvalue weighted by Gasteiger charge is 2.54. The van der Waals surface area contributed by atoms with Crippen molar-refractivity contribution >= 4 is 11.9 Å². The lowest BCUT2D eigenvalue weighted by atomic mass is 9.78. The zero-order valence-electron chi connectivity index (χ0n) is 17.3. The zero-order valence-corrected chi connectivity index (χ0v) is 17.3. The largest absolute Gasteiger partial charge is 0.326 e. The van der Waals surface area contributed by atoms with Gasteiger partial charge in [0, 0.05) is 12.6 Å². The number of nitrogens with one attached hydrogen (secondary N) is 1. The van der Waals surface area contributed by atoms with Crippen LogP contribution in [0.25, 0.3) is 0 Å². The summed E-state index contributed by atoms with van der Waals surface area (Å²) in [7, 11) is 0. The van der Waals surface area contributed by atoms with E-state index >= 15 is 0 Å². The van der Waals surface area contributed by atoms with Crippen molar-refractivity contribution in [3.63, 3.8) is 0 Å². The molecule has 3 fully saturated rings. The molecule has 156 valence electrons. The van der Waals surface area contributed by atoms with Crippen LogP contribution in [0.4, 0.5) is 4.79 Å². The molecule has 2 heterocycles. The number of amides is 3. The Kier molecular flexibility index (Phi) is 5.07. The Hall–Kier alpha value is -2.66. The predicted molar refractivity (Wildman–Crippen MR) is 116 cm³/mol. The van der Waals surface area contributed by atoms with Crippen LogP contribution >= 0.6 is 0 Å². The molecule has 5 heteroatoms. The average Bonchev–Trinajstić information content (AvgIpc) is 3.06. The van der Waals surface area contributed by atoms with Crippen molar-refractivity contribution in [2.45, 2.75) is 50.1 Å². The first kappa shape index (κ1) is 19.3. The fraction of sp³-hybridized carbons (Fsp3) is 0.440. The molecule has 1 aliphatic carbocycles. The molecule has 30 heavy (non-hydrogen) atoms. The first-order chi connectivity index (χ1) is 14.7. The van der Waals surface area contributed by atoms with Gasteiger partial charge >= 0.3 is 6.03 Å². The highest BCUT2D eigenvalue weighted by atomic mass is 16.2. The minimum absolute atomic E-state index is 0.178. The lowest BCUT2D eigenvalue weighted by Crippen LogP contribution is -2.53. The molecule has 2 aromatic carbocycles. The van der Waals surface area contributed by atoms with E-state index in [2.05, 4.69) is 10.2 Å². The van der Waals surface area contributed by atoms with E-state index < -0.39 is 5.54 Å². The molecule has 2 atom stereocenters. The van der Waals surface area contributed by atoms with Gasteiger partial charge in [-0.05, 0) is 42.7 Å². The number of carbonyl (C=O) groups is 2. The van der Waals surface area contributed by atoms with Gasteiger partial charge in [-0.3, -0.25) is 9.69 Å². The number of hydrogen-bond acceptors (Lipinski definition) is 3. The maximum absolute atomic E-state index is 13.9. The van der Waals surface area contributed by atoms with Crippen LogP contribution < -0.4 is 5.32 Å². The van der Waals surface area contributed by atoms with Crippen molar-refractivity contribution in [3.8, 4) is 0 Å². The van der Waals surface area contributed by atoms with Crippen LogP contribution in [0.2, 0.25) is 0 Å². The quantitative estimate of drug-likeness (QED) is 0.782. The standard InChI is InChI=1S/C25H29N3O2/c29-23-25(20-12-3-1-4-13-20,21-14-5-2-6-15-21)26-24(30)28(23)18-27-17-9-11-19-10-7-8-16-22(19)27/h1-6,12-15,19,22H,7-11,16-18H2,(H,26,30)/t19-,22+/m0/s1. The number of likely N-dealkylation sites (tertiary alicyclic amines) is 1. The van der Waals surface area contributed by atoms with E-state index in [1.54, 1.807) is 0 Å². The smallest absolute Gasteiger partial charge is 0.315 e. The molecule has 2 saturated heterocycles. The monoisotopic (exact) mass is 403 g/mol. The third-order valence-electron chi connectivity index (χ3n) is 7.20. The van der Waals surface area contributed by atoms with Gasteiger partial charge in [0.15, 0.2) is 5.54 Å². The summed E-state index contributed by atoms with van der Waals surface area (Å²) < 4.78 is 0. The van der Waals surface area contributed by atoms with Gasteiger partial charge < -0.3 is 5.32 Å². The lowest BCUT2D eigenvalue weighted by Gasteiger charge is -2.45. The van der Waals surface area contributed by atoms with Crippen LogP contribution in [0.15, 0.2) is 60.7 Å². The molecule has 0 unspecified atom stereocenters. The van der Waals surface area contributed by atoms with Gasteiger partial charge in [0.1, 0.15) is 0 Å². The van der Waals surface area contributed by atoms with E-state index in [0.29, 0.717) is 18.6 Å². The van der Waals surface area contributed by atoms with E-state index in [1.807, 2.05) is 60.7 Å². The van der Waals surface area contributed by atoms with Crippen molar-refractivity contribution in [3.05, 3.63) is 71.8 Å². The molecule has 3 amide bonds. The number of piperidine rings is 1. The maximum Gasteiger partial charge on any atom is 0.326 e. The molecular weight excluding hydrogens is 374 g/mol. The molecule has 0 spiro atoms. The van der Waals surface area contributed by atoms with Crippen LogP contribution in [0.1, 0.15) is 49.7 Å². The Labute approximate surface area is 178 Å². The van der Waals surface area contributed by atoms with Crippen molar-refractivity contribution in [2.24, 2.45) is 5.92 Å². The topological polar surface area (TPSA) is 52.7 Å². The predicted octanol–water partition coefficient (Wildman–Crippen LogP) is 4.09. The number of carbonyl (C=O) groups excluding carboxylic acids is 2. The number of imide groups is 1. The molecule has 1 saturated carbocycles. The highest BCUT2D eigenvalue weighted by molar-refractivity contribution is 6.09. The second-order valence-electron chi connectivity index (χ2n) is 8.85. The van der Waals surface area contributed by atoms with E-state index in [9.17, 15) is 9.59 Å². The number of benzene rings is 2. The normalized spacial score (nSPS) is 26.3. The Morgan fingerprint density at radius 2 is 1.43 bits per heavy atom. The van der Waals surface area contributed by atoms with Gasteiger partial charge in [-0.25, -0.2) is 9.69 Å². The van der Waals surface area contributed by atoms with Gasteiger partial charge in [0.2, 0.25) is 0 Å². The summed E-state index contributed by atoms with van der Waals surface area (Å²) in [4.78, 5) is 30.9. The summed E-state index contributed by atoms with van der Waals surface area (Å²) in [6.45, 7) is 1.34. The van der Waals surface area contributed by atoms with Crippen LogP contribution in [-0.2, 0) is 10.3 Å². The molecule has 5 nitrogen and oxygen atoms in total. The van der Waals surface area contributed by atoms with Gasteiger partial charge in [-0.15, -0.1) is 0 Å². The molecule has 1 N–H and O–H groups in total. The Morgan fingerprint density at radius 1 is 0.833 bits per heavy atom. The summed E-state index contributed by atoms with van der Waals surface area (Å²) in [6, 6.07) is 19.4. The number of fused-ring (bicyclic) bond motifs is 1. The summed E-state index contributed by atoms with van der Waals surface area (Å²) in [6.07, 6.45) is 7.43. The van der Waals surface area contributed by atoms with Crippen LogP contribution in [0, 0.1) is 5.92 Å². The minimum atomic E-state index is -1.17.